The van der Waals surface area contributed by atoms with Gasteiger partial charge in [-0.05, 0) is 48.5 Å². The van der Waals surface area contributed by atoms with E-state index in [-0.39, 0.29) is 35.7 Å². The lowest BCUT2D eigenvalue weighted by Gasteiger charge is -2.16. The average molecular weight is 451 g/mol. The molecule has 1 saturated heterocycles. The second kappa shape index (κ2) is 8.03. The summed E-state index contributed by atoms with van der Waals surface area (Å²) in [4.78, 5) is 26.2. The Labute approximate surface area is 178 Å². The van der Waals surface area contributed by atoms with Crippen molar-refractivity contribution < 1.29 is 27.2 Å². The molecule has 11 heteroatoms. The van der Waals surface area contributed by atoms with Crippen molar-refractivity contribution in [3.63, 3.8) is 0 Å². The van der Waals surface area contributed by atoms with Gasteiger partial charge >= 0.3 is 12.2 Å². The number of aromatic nitrogens is 2. The number of carbonyl (C=O) groups is 2. The molecule has 1 fully saturated rings. The second-order valence-electron chi connectivity index (χ2n) is 6.86. The van der Waals surface area contributed by atoms with Crippen molar-refractivity contribution in [1.29, 1.82) is 0 Å². The van der Waals surface area contributed by atoms with E-state index in [0.717, 1.165) is 24.3 Å². The molecule has 7 nitrogen and oxygen atoms in total. The molecule has 0 saturated carbocycles. The summed E-state index contributed by atoms with van der Waals surface area (Å²) in [5.74, 6) is -1.02. The fourth-order valence-corrected chi connectivity index (χ4v) is 3.30. The van der Waals surface area contributed by atoms with Gasteiger partial charge in [0.2, 0.25) is 11.8 Å². The highest BCUT2D eigenvalue weighted by Gasteiger charge is 2.35. The van der Waals surface area contributed by atoms with E-state index in [0.29, 0.717) is 17.3 Å². The number of nitrogens with zero attached hydrogens (tertiary/aromatic N) is 3. The molecule has 1 aromatic heterocycles. The maximum Gasteiger partial charge on any atom is 0.416 e. The van der Waals surface area contributed by atoms with Crippen LogP contribution in [0.1, 0.15) is 34.2 Å². The van der Waals surface area contributed by atoms with Gasteiger partial charge in [0.1, 0.15) is 0 Å². The Morgan fingerprint density at radius 2 is 1.77 bits per heavy atom. The molecule has 3 aromatic rings. The summed E-state index contributed by atoms with van der Waals surface area (Å²) in [5.41, 5.74) is -0.176. The third-order valence-electron chi connectivity index (χ3n) is 4.75. The summed E-state index contributed by atoms with van der Waals surface area (Å²) in [6, 6.07) is 10.3. The molecule has 0 aliphatic carbocycles. The smallest absolute Gasteiger partial charge is 0.407 e. The van der Waals surface area contributed by atoms with E-state index in [4.69, 9.17) is 16.0 Å². The molecule has 1 aliphatic heterocycles. The zero-order valence-electron chi connectivity index (χ0n) is 15.7. The van der Waals surface area contributed by atoms with Crippen LogP contribution in [-0.2, 0) is 11.0 Å². The number of anilines is 2. The van der Waals surface area contributed by atoms with E-state index in [2.05, 4.69) is 15.5 Å². The summed E-state index contributed by atoms with van der Waals surface area (Å²) in [7, 11) is 0. The quantitative estimate of drug-likeness (QED) is 0.631. The Morgan fingerprint density at radius 3 is 2.42 bits per heavy atom. The maximum atomic E-state index is 12.6. The summed E-state index contributed by atoms with van der Waals surface area (Å²) in [6.07, 6.45) is -4.34. The monoisotopic (exact) mass is 450 g/mol. The first-order valence-corrected chi connectivity index (χ1v) is 9.46. The Bertz CT molecular complexity index is 1110. The van der Waals surface area contributed by atoms with Crippen LogP contribution in [0.4, 0.5) is 24.9 Å². The highest BCUT2D eigenvalue weighted by molar-refractivity contribution is 6.30. The molecule has 1 atom stereocenters. The van der Waals surface area contributed by atoms with Gasteiger partial charge in [-0.25, -0.2) is 0 Å². The zero-order valence-corrected chi connectivity index (χ0v) is 16.4. The van der Waals surface area contributed by atoms with Crippen LogP contribution in [0.2, 0.25) is 5.02 Å². The van der Waals surface area contributed by atoms with Gasteiger partial charge in [-0.2, -0.15) is 13.2 Å². The van der Waals surface area contributed by atoms with Crippen molar-refractivity contribution in [2.75, 3.05) is 16.8 Å². The molecule has 2 amide bonds. The Balaban J connectivity index is 1.42. The molecule has 31 heavy (non-hydrogen) atoms. The van der Waals surface area contributed by atoms with E-state index in [1.165, 1.54) is 0 Å². The Kier molecular flexibility index (Phi) is 5.40. The standard InChI is InChI=1S/C20H14ClF3N4O3/c21-14-5-7-15(8-6-14)28-10-12(9-16(28)29)18-26-27-19(31-18)25-17(30)11-1-3-13(4-2-11)20(22,23)24/h1-8,12H,9-10H2,(H,25,27,30)/t12-/m1/s1. The first kappa shape index (κ1) is 20.9. The molecule has 0 bridgehead atoms. The topological polar surface area (TPSA) is 88.3 Å². The zero-order chi connectivity index (χ0) is 22.2. The predicted molar refractivity (Wildman–Crippen MR) is 105 cm³/mol. The van der Waals surface area contributed by atoms with Crippen molar-refractivity contribution >= 4 is 35.1 Å². The van der Waals surface area contributed by atoms with E-state index in [9.17, 15) is 22.8 Å². The minimum Gasteiger partial charge on any atom is -0.407 e. The minimum absolute atomic E-state index is 0.00212. The molecule has 0 spiro atoms. The fourth-order valence-electron chi connectivity index (χ4n) is 3.17. The van der Waals surface area contributed by atoms with E-state index < -0.39 is 17.6 Å². The van der Waals surface area contributed by atoms with E-state index in [1.54, 1.807) is 29.2 Å². The number of hydrogen-bond donors (Lipinski definition) is 1. The molecule has 4 rings (SSSR count). The van der Waals surface area contributed by atoms with Crippen LogP contribution >= 0.6 is 11.6 Å². The van der Waals surface area contributed by atoms with Gasteiger partial charge in [-0.15, -0.1) is 5.10 Å². The van der Waals surface area contributed by atoms with E-state index in [1.807, 2.05) is 0 Å². The van der Waals surface area contributed by atoms with Crippen molar-refractivity contribution in [3.05, 3.63) is 70.6 Å². The molecule has 2 aromatic carbocycles. The lowest BCUT2D eigenvalue weighted by molar-refractivity contribution is -0.137. The number of carbonyl (C=O) groups excluding carboxylic acids is 2. The predicted octanol–water partition coefficient (Wildman–Crippen LogP) is 4.51. The molecular formula is C20H14ClF3N4O3. The van der Waals surface area contributed by atoms with Crippen LogP contribution < -0.4 is 10.2 Å². The third-order valence-corrected chi connectivity index (χ3v) is 5.00. The molecule has 2 heterocycles. The number of amides is 2. The van der Waals surface area contributed by atoms with Crippen molar-refractivity contribution in [1.82, 2.24) is 10.2 Å². The maximum absolute atomic E-state index is 12.6. The molecule has 0 radical (unpaired) electrons. The number of rotatable bonds is 4. The average Bonchev–Trinajstić information content (AvgIpc) is 3.34. The van der Waals surface area contributed by atoms with Gasteiger partial charge in [-0.1, -0.05) is 16.7 Å². The van der Waals surface area contributed by atoms with Crippen molar-refractivity contribution in [2.45, 2.75) is 18.5 Å². The highest BCUT2D eigenvalue weighted by Crippen LogP contribution is 2.32. The summed E-state index contributed by atoms with van der Waals surface area (Å²) in [6.45, 7) is 0.314. The lowest BCUT2D eigenvalue weighted by atomic mass is 10.1. The molecule has 1 aliphatic rings. The molecule has 1 N–H and O–H groups in total. The number of alkyl halides is 3. The van der Waals surface area contributed by atoms with Crippen LogP contribution in [0.5, 0.6) is 0 Å². The first-order valence-electron chi connectivity index (χ1n) is 9.08. The summed E-state index contributed by atoms with van der Waals surface area (Å²) >= 11 is 5.87. The number of hydrogen-bond acceptors (Lipinski definition) is 5. The molecule has 160 valence electrons. The van der Waals surface area contributed by atoms with Crippen LogP contribution in [-0.4, -0.2) is 28.6 Å². The van der Waals surface area contributed by atoms with Crippen molar-refractivity contribution in [3.8, 4) is 0 Å². The normalized spacial score (nSPS) is 16.6. The van der Waals surface area contributed by atoms with Gasteiger partial charge in [-0.3, -0.25) is 14.9 Å². The SMILES string of the molecule is O=C(Nc1nnc([C@@H]2CC(=O)N(c3ccc(Cl)cc3)C2)o1)c1ccc(C(F)(F)F)cc1. The van der Waals surface area contributed by atoms with Crippen LogP contribution in [0.15, 0.2) is 52.9 Å². The number of benzene rings is 2. The lowest BCUT2D eigenvalue weighted by Crippen LogP contribution is -2.24. The second-order valence-corrected chi connectivity index (χ2v) is 7.29. The van der Waals surface area contributed by atoms with Gasteiger partial charge in [0.05, 0.1) is 11.5 Å². The van der Waals surface area contributed by atoms with Crippen LogP contribution in [0.25, 0.3) is 0 Å². The molecule has 0 unspecified atom stereocenters. The Hall–Kier alpha value is -3.40. The van der Waals surface area contributed by atoms with Gasteiger partial charge in [0.15, 0.2) is 0 Å². The largest absolute Gasteiger partial charge is 0.416 e. The van der Waals surface area contributed by atoms with Crippen LogP contribution in [0, 0.1) is 0 Å². The summed E-state index contributed by atoms with van der Waals surface area (Å²) in [5, 5.41) is 10.5. The first-order chi connectivity index (χ1) is 14.7. The van der Waals surface area contributed by atoms with Gasteiger partial charge < -0.3 is 9.32 Å². The van der Waals surface area contributed by atoms with Gasteiger partial charge in [0, 0.05) is 29.2 Å². The van der Waals surface area contributed by atoms with Gasteiger partial charge in [0.25, 0.3) is 5.91 Å². The van der Waals surface area contributed by atoms with Crippen molar-refractivity contribution in [2.24, 2.45) is 0 Å². The minimum atomic E-state index is -4.49. The number of halogens is 4. The molecular weight excluding hydrogens is 437 g/mol. The third kappa shape index (κ3) is 4.53. The van der Waals surface area contributed by atoms with Crippen LogP contribution in [0.3, 0.4) is 0 Å². The summed E-state index contributed by atoms with van der Waals surface area (Å²) < 4.78 is 43.4. The fraction of sp³-hybridized carbons (Fsp3) is 0.200. The van der Waals surface area contributed by atoms with E-state index >= 15 is 0 Å². The Morgan fingerprint density at radius 1 is 1.10 bits per heavy atom. The number of nitrogens with one attached hydrogen (secondary N) is 1. The highest BCUT2D eigenvalue weighted by atomic mass is 35.5.